The van der Waals surface area contributed by atoms with E-state index < -0.39 is 0 Å². The molecule has 0 amide bonds. The Morgan fingerprint density at radius 3 is 2.21 bits per heavy atom. The highest BCUT2D eigenvalue weighted by molar-refractivity contribution is 5.41. The first kappa shape index (κ1) is 10.7. The van der Waals surface area contributed by atoms with Gasteiger partial charge in [0.15, 0.2) is 0 Å². The summed E-state index contributed by atoms with van der Waals surface area (Å²) in [6.45, 7) is 10.2. The van der Waals surface area contributed by atoms with Crippen LogP contribution >= 0.6 is 0 Å². The van der Waals surface area contributed by atoms with E-state index in [4.69, 9.17) is 5.26 Å². The minimum absolute atomic E-state index is 0.0451. The second kappa shape index (κ2) is 3.42. The Hall–Kier alpha value is -1.36. The molecule has 2 heteroatoms. The first-order valence-corrected chi connectivity index (χ1v) is 4.75. The molecule has 0 aliphatic rings. The van der Waals surface area contributed by atoms with Crippen molar-refractivity contribution in [3.8, 4) is 6.07 Å². The van der Waals surface area contributed by atoms with Crippen LogP contribution in [-0.4, -0.2) is 4.98 Å². The predicted molar refractivity (Wildman–Crippen MR) is 57.1 cm³/mol. The molecule has 1 rings (SSSR count). The van der Waals surface area contributed by atoms with E-state index in [1.165, 1.54) is 0 Å². The Morgan fingerprint density at radius 2 is 1.86 bits per heavy atom. The number of nitriles is 1. The number of aryl methyl sites for hydroxylation is 2. The molecule has 0 saturated carbocycles. The molecule has 1 aromatic rings. The van der Waals surface area contributed by atoms with E-state index in [-0.39, 0.29) is 5.41 Å². The van der Waals surface area contributed by atoms with Gasteiger partial charge in [-0.05, 0) is 25.5 Å². The molecule has 0 fully saturated rings. The van der Waals surface area contributed by atoms with Crippen LogP contribution in [-0.2, 0) is 5.41 Å². The van der Waals surface area contributed by atoms with Crippen molar-refractivity contribution in [1.82, 2.24) is 4.98 Å². The van der Waals surface area contributed by atoms with Crippen molar-refractivity contribution in [3.05, 3.63) is 28.6 Å². The van der Waals surface area contributed by atoms with Gasteiger partial charge < -0.3 is 0 Å². The van der Waals surface area contributed by atoms with Gasteiger partial charge in [-0.15, -0.1) is 0 Å². The maximum atomic E-state index is 8.90. The van der Waals surface area contributed by atoms with Crippen molar-refractivity contribution in [2.45, 2.75) is 40.0 Å². The van der Waals surface area contributed by atoms with Crippen LogP contribution in [0.3, 0.4) is 0 Å². The average molecular weight is 188 g/mol. The SMILES string of the molecule is Cc1cc(C(C)(C)C)nc(C)c1C#N. The molecule has 0 aliphatic heterocycles. The number of hydrogen-bond donors (Lipinski definition) is 0. The molecule has 0 N–H and O–H groups in total. The number of nitrogens with zero attached hydrogens (tertiary/aromatic N) is 2. The zero-order valence-electron chi connectivity index (χ0n) is 9.47. The minimum Gasteiger partial charge on any atom is -0.256 e. The lowest BCUT2D eigenvalue weighted by atomic mass is 9.90. The zero-order chi connectivity index (χ0) is 10.9. The quantitative estimate of drug-likeness (QED) is 0.627. The summed E-state index contributed by atoms with van der Waals surface area (Å²) in [6.07, 6.45) is 0. The Kier molecular flexibility index (Phi) is 2.62. The summed E-state index contributed by atoms with van der Waals surface area (Å²) in [4.78, 5) is 4.45. The molecular formula is C12H16N2. The lowest BCUT2D eigenvalue weighted by Crippen LogP contribution is -2.15. The second-order valence-corrected chi connectivity index (χ2v) is 4.65. The van der Waals surface area contributed by atoms with Crippen LogP contribution in [0.2, 0.25) is 0 Å². The fourth-order valence-electron chi connectivity index (χ4n) is 1.38. The molecule has 0 aromatic carbocycles. The lowest BCUT2D eigenvalue weighted by Gasteiger charge is -2.19. The Labute approximate surface area is 85.6 Å². The first-order valence-electron chi connectivity index (χ1n) is 4.75. The first-order chi connectivity index (χ1) is 6.36. The molecule has 2 nitrogen and oxygen atoms in total. The van der Waals surface area contributed by atoms with Gasteiger partial charge in [-0.1, -0.05) is 20.8 Å². The lowest BCUT2D eigenvalue weighted by molar-refractivity contribution is 0.566. The van der Waals surface area contributed by atoms with E-state index in [1.807, 2.05) is 19.9 Å². The normalized spacial score (nSPS) is 11.1. The molecule has 1 aromatic heterocycles. The van der Waals surface area contributed by atoms with E-state index in [9.17, 15) is 0 Å². The van der Waals surface area contributed by atoms with Gasteiger partial charge in [0.2, 0.25) is 0 Å². The third-order valence-corrected chi connectivity index (χ3v) is 2.28. The molecule has 0 bridgehead atoms. The van der Waals surface area contributed by atoms with Gasteiger partial charge in [0, 0.05) is 11.1 Å². The van der Waals surface area contributed by atoms with Crippen LogP contribution in [0, 0.1) is 25.2 Å². The third-order valence-electron chi connectivity index (χ3n) is 2.28. The summed E-state index contributed by atoms with van der Waals surface area (Å²) in [5, 5.41) is 8.90. The summed E-state index contributed by atoms with van der Waals surface area (Å²) < 4.78 is 0. The molecule has 0 atom stereocenters. The number of pyridine rings is 1. The molecule has 1 heterocycles. The number of rotatable bonds is 0. The molecule has 0 spiro atoms. The summed E-state index contributed by atoms with van der Waals surface area (Å²) >= 11 is 0. The van der Waals surface area contributed by atoms with Crippen molar-refractivity contribution in [1.29, 1.82) is 5.26 Å². The van der Waals surface area contributed by atoms with Crippen LogP contribution < -0.4 is 0 Å². The highest BCUT2D eigenvalue weighted by Crippen LogP contribution is 2.23. The predicted octanol–water partition coefficient (Wildman–Crippen LogP) is 2.87. The van der Waals surface area contributed by atoms with Crippen LogP contribution in [0.1, 0.15) is 43.3 Å². The van der Waals surface area contributed by atoms with E-state index in [0.29, 0.717) is 5.56 Å². The van der Waals surface area contributed by atoms with Gasteiger partial charge in [0.05, 0.1) is 11.3 Å². The van der Waals surface area contributed by atoms with Crippen LogP contribution in [0.5, 0.6) is 0 Å². The highest BCUT2D eigenvalue weighted by Gasteiger charge is 2.17. The molecule has 74 valence electrons. The van der Waals surface area contributed by atoms with E-state index in [0.717, 1.165) is 17.0 Å². The van der Waals surface area contributed by atoms with Gasteiger partial charge in [-0.25, -0.2) is 0 Å². The van der Waals surface area contributed by atoms with Crippen molar-refractivity contribution in [3.63, 3.8) is 0 Å². The molecule has 0 radical (unpaired) electrons. The topological polar surface area (TPSA) is 36.7 Å². The fourth-order valence-corrected chi connectivity index (χ4v) is 1.38. The molecule has 14 heavy (non-hydrogen) atoms. The van der Waals surface area contributed by atoms with Gasteiger partial charge in [-0.2, -0.15) is 5.26 Å². The van der Waals surface area contributed by atoms with E-state index >= 15 is 0 Å². The molecule has 0 unspecified atom stereocenters. The highest BCUT2D eigenvalue weighted by atomic mass is 14.7. The zero-order valence-corrected chi connectivity index (χ0v) is 9.47. The van der Waals surface area contributed by atoms with Crippen molar-refractivity contribution in [2.24, 2.45) is 0 Å². The average Bonchev–Trinajstić information content (AvgIpc) is 2.01. The monoisotopic (exact) mass is 188 g/mol. The summed E-state index contributed by atoms with van der Waals surface area (Å²) in [7, 11) is 0. The summed E-state index contributed by atoms with van der Waals surface area (Å²) in [5.41, 5.74) is 3.65. The molecule has 0 aliphatic carbocycles. The van der Waals surface area contributed by atoms with Crippen LogP contribution in [0.15, 0.2) is 6.07 Å². The molecular weight excluding hydrogens is 172 g/mol. The molecule has 0 saturated heterocycles. The standard InChI is InChI=1S/C12H16N2/c1-8-6-11(12(3,4)5)14-9(2)10(8)7-13/h6H,1-5H3. The van der Waals surface area contributed by atoms with Crippen molar-refractivity contribution >= 4 is 0 Å². The Bertz CT molecular complexity index is 369. The maximum absolute atomic E-state index is 8.90. The Balaban J connectivity index is 3.37. The van der Waals surface area contributed by atoms with Crippen molar-refractivity contribution in [2.75, 3.05) is 0 Å². The third kappa shape index (κ3) is 1.93. The van der Waals surface area contributed by atoms with Gasteiger partial charge in [0.1, 0.15) is 6.07 Å². The fraction of sp³-hybridized carbons (Fsp3) is 0.500. The van der Waals surface area contributed by atoms with Crippen LogP contribution in [0.4, 0.5) is 0 Å². The van der Waals surface area contributed by atoms with E-state index in [2.05, 4.69) is 31.8 Å². The minimum atomic E-state index is 0.0451. The maximum Gasteiger partial charge on any atom is 0.101 e. The largest absolute Gasteiger partial charge is 0.256 e. The second-order valence-electron chi connectivity index (χ2n) is 4.65. The van der Waals surface area contributed by atoms with Gasteiger partial charge in [0.25, 0.3) is 0 Å². The van der Waals surface area contributed by atoms with Gasteiger partial charge >= 0.3 is 0 Å². The number of aromatic nitrogens is 1. The number of hydrogen-bond acceptors (Lipinski definition) is 2. The van der Waals surface area contributed by atoms with Gasteiger partial charge in [-0.3, -0.25) is 4.98 Å². The Morgan fingerprint density at radius 1 is 1.29 bits per heavy atom. The summed E-state index contributed by atoms with van der Waals surface area (Å²) in [6, 6.07) is 4.19. The smallest absolute Gasteiger partial charge is 0.101 e. The van der Waals surface area contributed by atoms with Crippen molar-refractivity contribution < 1.29 is 0 Å². The van der Waals surface area contributed by atoms with Crippen LogP contribution in [0.25, 0.3) is 0 Å². The summed E-state index contributed by atoms with van der Waals surface area (Å²) in [5.74, 6) is 0. The van der Waals surface area contributed by atoms with E-state index in [1.54, 1.807) is 0 Å².